The molecule has 0 amide bonds. The van der Waals surface area contributed by atoms with E-state index in [-0.39, 0.29) is 5.54 Å². The van der Waals surface area contributed by atoms with Gasteiger partial charge < -0.3 is 5.32 Å². The highest BCUT2D eigenvalue weighted by Crippen LogP contribution is 2.42. The van der Waals surface area contributed by atoms with Crippen molar-refractivity contribution in [3.8, 4) is 0 Å². The molecule has 3 heteroatoms. The summed E-state index contributed by atoms with van der Waals surface area (Å²) < 4.78 is 0. The lowest BCUT2D eigenvalue weighted by atomic mass is 9.78. The molecule has 2 aliphatic rings. The number of anilines is 1. The maximum absolute atomic E-state index is 5.06. The second kappa shape index (κ2) is 5.44. The minimum absolute atomic E-state index is 0.225. The highest BCUT2D eigenvalue weighted by molar-refractivity contribution is 8.14. The van der Waals surface area contributed by atoms with Crippen molar-refractivity contribution in [2.45, 2.75) is 52.0 Å². The molecule has 1 aliphatic heterocycles. The monoisotopic (exact) mass is 288 g/mol. The van der Waals surface area contributed by atoms with Gasteiger partial charge in [0.15, 0.2) is 5.17 Å². The molecule has 20 heavy (non-hydrogen) atoms. The fraction of sp³-hybridized carbons (Fsp3) is 0.588. The Hall–Kier alpha value is -0.960. The van der Waals surface area contributed by atoms with E-state index in [1.54, 1.807) is 0 Å². The first-order valence-electron chi connectivity index (χ1n) is 7.63. The van der Waals surface area contributed by atoms with Gasteiger partial charge in [0.05, 0.1) is 5.54 Å². The number of rotatable bonds is 1. The Balaban J connectivity index is 1.75. The number of aryl methyl sites for hydroxylation is 2. The van der Waals surface area contributed by atoms with E-state index in [0.29, 0.717) is 0 Å². The van der Waals surface area contributed by atoms with Crippen LogP contribution in [0.1, 0.15) is 43.7 Å². The standard InChI is InChI=1S/C17H24N2S/c1-12-6-7-15(14(3)9-12)18-16-19-17(11-20-16)8-4-5-13(2)10-17/h6-7,9,13H,4-5,8,10-11H2,1-3H3,(H,18,19). The van der Waals surface area contributed by atoms with Gasteiger partial charge in [-0.25, -0.2) is 0 Å². The Morgan fingerprint density at radius 3 is 2.95 bits per heavy atom. The summed E-state index contributed by atoms with van der Waals surface area (Å²) in [5.41, 5.74) is 4.03. The first kappa shape index (κ1) is 14.0. The molecule has 1 aliphatic carbocycles. The average Bonchev–Trinajstić information content (AvgIpc) is 2.75. The highest BCUT2D eigenvalue weighted by Gasteiger charge is 2.39. The van der Waals surface area contributed by atoms with Gasteiger partial charge in [0, 0.05) is 11.4 Å². The number of hydrogen-bond donors (Lipinski definition) is 1. The second-order valence-corrected chi connectivity index (χ2v) is 7.54. The summed E-state index contributed by atoms with van der Waals surface area (Å²) in [6.07, 6.45) is 5.24. The Kier molecular flexibility index (Phi) is 3.80. The van der Waals surface area contributed by atoms with Crippen molar-refractivity contribution in [1.29, 1.82) is 0 Å². The van der Waals surface area contributed by atoms with Gasteiger partial charge in [0.25, 0.3) is 0 Å². The first-order chi connectivity index (χ1) is 9.56. The highest BCUT2D eigenvalue weighted by atomic mass is 32.2. The predicted molar refractivity (Wildman–Crippen MR) is 89.8 cm³/mol. The molecule has 0 saturated heterocycles. The molecule has 1 aromatic carbocycles. The van der Waals surface area contributed by atoms with E-state index in [1.165, 1.54) is 42.5 Å². The van der Waals surface area contributed by atoms with Gasteiger partial charge >= 0.3 is 0 Å². The van der Waals surface area contributed by atoms with E-state index in [0.717, 1.165) is 16.8 Å². The van der Waals surface area contributed by atoms with Crippen molar-refractivity contribution in [1.82, 2.24) is 0 Å². The molecule has 2 atom stereocenters. The molecule has 1 fully saturated rings. The zero-order valence-corrected chi connectivity index (χ0v) is 13.5. The molecule has 1 spiro atoms. The SMILES string of the molecule is Cc1ccc(NC2=NC3(CCCC(C)C3)CS2)c(C)c1. The van der Waals surface area contributed by atoms with Crippen LogP contribution in [0.15, 0.2) is 23.2 Å². The van der Waals surface area contributed by atoms with E-state index in [2.05, 4.69) is 44.3 Å². The summed E-state index contributed by atoms with van der Waals surface area (Å²) in [5.74, 6) is 1.98. The molecule has 2 nitrogen and oxygen atoms in total. The third-order valence-corrected chi connectivity index (χ3v) is 5.66. The van der Waals surface area contributed by atoms with Gasteiger partial charge in [0.2, 0.25) is 0 Å². The van der Waals surface area contributed by atoms with Crippen LogP contribution in [0.5, 0.6) is 0 Å². The topological polar surface area (TPSA) is 24.4 Å². The number of nitrogens with one attached hydrogen (secondary N) is 1. The molecular weight excluding hydrogens is 264 g/mol. The Morgan fingerprint density at radius 1 is 1.35 bits per heavy atom. The Bertz CT molecular complexity index is 538. The lowest BCUT2D eigenvalue weighted by molar-refractivity contribution is 0.266. The van der Waals surface area contributed by atoms with Crippen LogP contribution in [0.4, 0.5) is 5.69 Å². The van der Waals surface area contributed by atoms with E-state index in [1.807, 2.05) is 11.8 Å². The van der Waals surface area contributed by atoms with Crippen molar-refractivity contribution in [2.24, 2.45) is 10.9 Å². The van der Waals surface area contributed by atoms with E-state index in [9.17, 15) is 0 Å². The summed E-state index contributed by atoms with van der Waals surface area (Å²) in [4.78, 5) is 5.06. The maximum atomic E-state index is 5.06. The van der Waals surface area contributed by atoms with Gasteiger partial charge in [-0.05, 0) is 44.2 Å². The molecule has 0 radical (unpaired) electrons. The molecule has 0 aromatic heterocycles. The molecule has 108 valence electrons. The fourth-order valence-corrected chi connectivity index (χ4v) is 4.65. The van der Waals surface area contributed by atoms with Gasteiger partial charge in [-0.15, -0.1) is 0 Å². The molecular formula is C17H24N2S. The van der Waals surface area contributed by atoms with E-state index >= 15 is 0 Å². The lowest BCUT2D eigenvalue weighted by Crippen LogP contribution is -2.33. The predicted octanol–water partition coefficient (Wildman–Crippen LogP) is 4.77. The van der Waals surface area contributed by atoms with Crippen LogP contribution < -0.4 is 5.32 Å². The molecule has 1 aromatic rings. The van der Waals surface area contributed by atoms with Crippen LogP contribution in [0, 0.1) is 19.8 Å². The van der Waals surface area contributed by atoms with Crippen molar-refractivity contribution in [3.63, 3.8) is 0 Å². The molecule has 1 N–H and O–H groups in total. The van der Waals surface area contributed by atoms with Crippen LogP contribution >= 0.6 is 11.8 Å². The number of aliphatic imine (C=N–C) groups is 1. The summed E-state index contributed by atoms with van der Waals surface area (Å²) in [6, 6.07) is 6.55. The maximum Gasteiger partial charge on any atom is 0.161 e. The molecule has 3 rings (SSSR count). The first-order valence-corrected chi connectivity index (χ1v) is 8.62. The largest absolute Gasteiger partial charge is 0.335 e. The Morgan fingerprint density at radius 2 is 2.20 bits per heavy atom. The summed E-state index contributed by atoms with van der Waals surface area (Å²) in [5, 5.41) is 4.65. The lowest BCUT2D eigenvalue weighted by Gasteiger charge is -2.33. The van der Waals surface area contributed by atoms with Crippen molar-refractivity contribution in [3.05, 3.63) is 29.3 Å². The van der Waals surface area contributed by atoms with E-state index < -0.39 is 0 Å². The van der Waals surface area contributed by atoms with E-state index in [4.69, 9.17) is 4.99 Å². The third-order valence-electron chi connectivity index (χ3n) is 4.51. The van der Waals surface area contributed by atoms with Gasteiger partial charge in [0.1, 0.15) is 0 Å². The van der Waals surface area contributed by atoms with Gasteiger partial charge in [-0.3, -0.25) is 4.99 Å². The van der Waals surface area contributed by atoms with Crippen molar-refractivity contribution < 1.29 is 0 Å². The van der Waals surface area contributed by atoms with Gasteiger partial charge in [-0.2, -0.15) is 0 Å². The third kappa shape index (κ3) is 2.88. The van der Waals surface area contributed by atoms with Crippen LogP contribution in [0.25, 0.3) is 0 Å². The van der Waals surface area contributed by atoms with Crippen LogP contribution in [-0.4, -0.2) is 16.5 Å². The van der Waals surface area contributed by atoms with Crippen LogP contribution in [0.2, 0.25) is 0 Å². The molecule has 1 saturated carbocycles. The molecule has 1 heterocycles. The minimum atomic E-state index is 0.225. The second-order valence-electron chi connectivity index (χ2n) is 6.57. The van der Waals surface area contributed by atoms with Crippen molar-refractivity contribution >= 4 is 22.6 Å². The normalized spacial score (nSPS) is 29.6. The quantitative estimate of drug-likeness (QED) is 0.805. The zero-order chi connectivity index (χ0) is 14.2. The average molecular weight is 288 g/mol. The summed E-state index contributed by atoms with van der Waals surface area (Å²) in [6.45, 7) is 6.67. The smallest absolute Gasteiger partial charge is 0.161 e. The Labute approximate surface area is 126 Å². The molecule has 2 unspecified atom stereocenters. The minimum Gasteiger partial charge on any atom is -0.335 e. The number of benzene rings is 1. The van der Waals surface area contributed by atoms with Crippen LogP contribution in [0.3, 0.4) is 0 Å². The number of hydrogen-bond acceptors (Lipinski definition) is 3. The molecule has 0 bridgehead atoms. The summed E-state index contributed by atoms with van der Waals surface area (Å²) >= 11 is 1.90. The fourth-order valence-electron chi connectivity index (χ4n) is 3.48. The number of nitrogens with zero attached hydrogens (tertiary/aromatic N) is 1. The van der Waals surface area contributed by atoms with Gasteiger partial charge in [-0.1, -0.05) is 49.2 Å². The number of amidine groups is 1. The van der Waals surface area contributed by atoms with Crippen LogP contribution in [-0.2, 0) is 0 Å². The zero-order valence-electron chi connectivity index (χ0n) is 12.7. The number of thioether (sulfide) groups is 1. The van der Waals surface area contributed by atoms with Crippen molar-refractivity contribution in [2.75, 3.05) is 11.1 Å². The summed E-state index contributed by atoms with van der Waals surface area (Å²) in [7, 11) is 0.